The maximum Gasteiger partial charge on any atom is 0.264 e. The first-order chi connectivity index (χ1) is 5.80. The Balaban J connectivity index is 2.93. The van der Waals surface area contributed by atoms with E-state index in [0.717, 1.165) is 0 Å². The minimum atomic E-state index is -3.53. The van der Waals surface area contributed by atoms with E-state index in [2.05, 4.69) is 0 Å². The van der Waals surface area contributed by atoms with E-state index in [1.54, 1.807) is 0 Å². The molecule has 1 rings (SSSR count). The highest BCUT2D eigenvalue weighted by Crippen LogP contribution is 2.31. The molecule has 1 saturated carbocycles. The van der Waals surface area contributed by atoms with Gasteiger partial charge in [-0.2, -0.15) is 0 Å². The van der Waals surface area contributed by atoms with Gasteiger partial charge in [-0.3, -0.25) is 0 Å². The lowest BCUT2D eigenvalue weighted by molar-refractivity contribution is -0.314. The summed E-state index contributed by atoms with van der Waals surface area (Å²) in [5.41, 5.74) is 0. The van der Waals surface area contributed by atoms with Crippen LogP contribution in [0.3, 0.4) is 0 Å². The van der Waals surface area contributed by atoms with Crippen molar-refractivity contribution in [3.8, 4) is 0 Å². The van der Waals surface area contributed by atoms with Gasteiger partial charge >= 0.3 is 0 Å². The van der Waals surface area contributed by atoms with Crippen LogP contribution in [0.4, 0.5) is 4.39 Å². The number of aliphatic hydroxyl groups excluding tert-OH is 5. The minimum absolute atomic E-state index is 1.90. The molecule has 1 aliphatic rings. The predicted molar refractivity (Wildman–Crippen MR) is 36.1 cm³/mol. The topological polar surface area (TPSA) is 121 Å². The fraction of sp³-hybridized carbons (Fsp3) is 1.00. The molecule has 13 heavy (non-hydrogen) atoms. The van der Waals surface area contributed by atoms with Crippen molar-refractivity contribution in [2.75, 3.05) is 0 Å². The van der Waals surface area contributed by atoms with Crippen molar-refractivity contribution in [1.29, 1.82) is 0 Å². The van der Waals surface area contributed by atoms with Crippen LogP contribution in [0.2, 0.25) is 0 Å². The summed E-state index contributed by atoms with van der Waals surface area (Å²) in [4.78, 5) is 0. The van der Waals surface area contributed by atoms with Crippen LogP contribution in [0.25, 0.3) is 0 Å². The fourth-order valence-corrected chi connectivity index (χ4v) is 1.23. The predicted octanol–water partition coefficient (Wildman–Crippen LogP) is -3.54. The third-order valence-corrected chi connectivity index (χ3v) is 2.18. The number of aliphatic hydroxyl groups is 6. The number of halogens is 1. The number of hydrogen-bond donors (Lipinski definition) is 6. The summed E-state index contributed by atoms with van der Waals surface area (Å²) < 4.78 is 13.0. The first-order valence-electron chi connectivity index (χ1n) is 3.61. The molecule has 0 radical (unpaired) electrons. The average Bonchev–Trinajstić information content (AvgIpc) is 2.09. The third kappa shape index (κ3) is 1.43. The van der Waals surface area contributed by atoms with Crippen LogP contribution in [-0.4, -0.2) is 67.0 Å². The molecule has 6 N–H and O–H groups in total. The van der Waals surface area contributed by atoms with Gasteiger partial charge in [0.25, 0.3) is 5.85 Å². The van der Waals surface area contributed by atoms with Gasteiger partial charge in [0.1, 0.15) is 30.5 Å². The van der Waals surface area contributed by atoms with Gasteiger partial charge in [0, 0.05) is 0 Å². The van der Waals surface area contributed by atoms with Crippen molar-refractivity contribution in [1.82, 2.24) is 0 Å². The Kier molecular flexibility index (Phi) is 2.59. The van der Waals surface area contributed by atoms with Crippen molar-refractivity contribution in [3.63, 3.8) is 0 Å². The van der Waals surface area contributed by atoms with Gasteiger partial charge in [-0.25, -0.2) is 4.39 Å². The molecule has 1 aliphatic carbocycles. The lowest BCUT2D eigenvalue weighted by Gasteiger charge is -2.42. The van der Waals surface area contributed by atoms with Crippen LogP contribution in [0, 0.1) is 0 Å². The third-order valence-electron chi connectivity index (χ3n) is 2.18. The zero-order valence-corrected chi connectivity index (χ0v) is 6.45. The van der Waals surface area contributed by atoms with E-state index >= 15 is 0 Å². The number of alkyl halides is 1. The second kappa shape index (κ2) is 3.12. The van der Waals surface area contributed by atoms with E-state index < -0.39 is 36.4 Å². The second-order valence-corrected chi connectivity index (χ2v) is 3.09. The van der Waals surface area contributed by atoms with E-state index in [-0.39, 0.29) is 0 Å². The maximum atomic E-state index is 13.0. The summed E-state index contributed by atoms with van der Waals surface area (Å²) >= 11 is 0. The van der Waals surface area contributed by atoms with Gasteiger partial charge < -0.3 is 30.6 Å². The lowest BCUT2D eigenvalue weighted by atomic mass is 9.83. The Morgan fingerprint density at radius 3 is 1.38 bits per heavy atom. The highest BCUT2D eigenvalue weighted by molar-refractivity contribution is 5.02. The fourth-order valence-electron chi connectivity index (χ4n) is 1.23. The maximum absolute atomic E-state index is 13.0. The molecule has 1 fully saturated rings. The Labute approximate surface area is 72.5 Å². The molecule has 0 amide bonds. The molecule has 4 atom stereocenters. The van der Waals surface area contributed by atoms with Crippen molar-refractivity contribution < 1.29 is 35.0 Å². The lowest BCUT2D eigenvalue weighted by Crippen LogP contribution is -2.68. The number of hydrogen-bond acceptors (Lipinski definition) is 6. The zero-order valence-electron chi connectivity index (χ0n) is 6.45. The van der Waals surface area contributed by atoms with E-state index in [9.17, 15) is 4.39 Å². The molecule has 0 aromatic heterocycles. The standard InChI is InChI=1S/C6H11FO6/c7-6(13)4(11)2(9)1(8)3(10)5(6)12/h1-5,8-13H/t1-,2-,3-,4-,5-,6+/m0/s1. The molecule has 7 heteroatoms. The zero-order chi connectivity index (χ0) is 10.4. The minimum Gasteiger partial charge on any atom is -0.387 e. The molecule has 0 aromatic carbocycles. The Morgan fingerprint density at radius 2 is 1.08 bits per heavy atom. The summed E-state index contributed by atoms with van der Waals surface area (Å²) in [6, 6.07) is 0. The molecule has 6 nitrogen and oxygen atoms in total. The van der Waals surface area contributed by atoms with Gasteiger partial charge in [-0.05, 0) is 0 Å². The van der Waals surface area contributed by atoms with Crippen LogP contribution in [0.15, 0.2) is 0 Å². The van der Waals surface area contributed by atoms with Gasteiger partial charge in [0.15, 0.2) is 0 Å². The summed E-state index contributed by atoms with van der Waals surface area (Å²) in [6.07, 6.45) is -10.7. The molecule has 0 unspecified atom stereocenters. The van der Waals surface area contributed by atoms with Crippen LogP contribution < -0.4 is 0 Å². The van der Waals surface area contributed by atoms with Crippen LogP contribution in [-0.2, 0) is 0 Å². The average molecular weight is 198 g/mol. The monoisotopic (exact) mass is 198 g/mol. The van der Waals surface area contributed by atoms with Crippen molar-refractivity contribution >= 4 is 0 Å². The van der Waals surface area contributed by atoms with Gasteiger partial charge in [-0.15, -0.1) is 0 Å². The second-order valence-electron chi connectivity index (χ2n) is 3.09. The summed E-state index contributed by atoms with van der Waals surface area (Å²) in [5.74, 6) is -3.53. The van der Waals surface area contributed by atoms with Crippen molar-refractivity contribution in [2.24, 2.45) is 0 Å². The molecular weight excluding hydrogens is 187 g/mol. The van der Waals surface area contributed by atoms with E-state index in [1.807, 2.05) is 0 Å². The van der Waals surface area contributed by atoms with Gasteiger partial charge in [0.05, 0.1) is 0 Å². The largest absolute Gasteiger partial charge is 0.387 e. The molecular formula is C6H11FO6. The molecule has 78 valence electrons. The number of rotatable bonds is 0. The first kappa shape index (κ1) is 10.8. The highest BCUT2D eigenvalue weighted by atomic mass is 19.2. The normalized spacial score (nSPS) is 57.9. The Hall–Kier alpha value is -0.310. The Bertz CT molecular complexity index is 180. The molecule has 0 heterocycles. The quantitative estimate of drug-likeness (QED) is 0.240. The van der Waals surface area contributed by atoms with E-state index in [4.69, 9.17) is 30.6 Å². The summed E-state index contributed by atoms with van der Waals surface area (Å²) in [6.45, 7) is 0. The van der Waals surface area contributed by atoms with Gasteiger partial charge in [-0.1, -0.05) is 0 Å². The van der Waals surface area contributed by atoms with E-state index in [1.165, 1.54) is 0 Å². The molecule has 0 bridgehead atoms. The molecule has 0 saturated heterocycles. The summed E-state index contributed by atoms with van der Waals surface area (Å²) in [7, 11) is 0. The molecule has 0 aliphatic heterocycles. The highest BCUT2D eigenvalue weighted by Gasteiger charge is 2.58. The first-order valence-corrected chi connectivity index (χ1v) is 3.61. The SMILES string of the molecule is O[C@H]1[C@H](O)[C@H](O)[C@H](O)[C@@](O)(F)[C@H]1O. The van der Waals surface area contributed by atoms with Crippen LogP contribution in [0.5, 0.6) is 0 Å². The van der Waals surface area contributed by atoms with Crippen molar-refractivity contribution in [3.05, 3.63) is 0 Å². The molecule has 0 aromatic rings. The van der Waals surface area contributed by atoms with Crippen molar-refractivity contribution in [2.45, 2.75) is 36.4 Å². The van der Waals surface area contributed by atoms with Gasteiger partial charge in [0.2, 0.25) is 0 Å². The molecule has 0 spiro atoms. The smallest absolute Gasteiger partial charge is 0.264 e. The van der Waals surface area contributed by atoms with Crippen LogP contribution >= 0.6 is 0 Å². The van der Waals surface area contributed by atoms with E-state index in [0.29, 0.717) is 0 Å². The summed E-state index contributed by atoms with van der Waals surface area (Å²) in [5, 5.41) is 53.2. The van der Waals surface area contributed by atoms with Crippen LogP contribution in [0.1, 0.15) is 0 Å². The Morgan fingerprint density at radius 1 is 0.769 bits per heavy atom.